The average molecular weight is 234 g/mol. The first-order chi connectivity index (χ1) is 7.93. The molecule has 3 aliphatic carbocycles. The van der Waals surface area contributed by atoms with Gasteiger partial charge in [-0.2, -0.15) is 0 Å². The molecule has 0 aromatic rings. The molecule has 1 heteroatoms. The van der Waals surface area contributed by atoms with Crippen molar-refractivity contribution in [2.45, 2.75) is 53.4 Å². The molecule has 2 unspecified atom stereocenters. The molecule has 17 heavy (non-hydrogen) atoms. The fraction of sp³-hybridized carbons (Fsp3) is 0.875. The lowest BCUT2D eigenvalue weighted by Gasteiger charge is -2.47. The summed E-state index contributed by atoms with van der Waals surface area (Å²) < 4.78 is 0. The van der Waals surface area contributed by atoms with E-state index in [0.717, 1.165) is 24.2 Å². The van der Waals surface area contributed by atoms with Gasteiger partial charge in [-0.05, 0) is 66.8 Å². The van der Waals surface area contributed by atoms with Crippen molar-refractivity contribution in [3.05, 3.63) is 11.1 Å². The van der Waals surface area contributed by atoms with Crippen LogP contribution in [0.5, 0.6) is 0 Å². The Morgan fingerprint density at radius 3 is 2.71 bits per heavy atom. The largest absolute Gasteiger partial charge is 0.392 e. The molecule has 0 aromatic heterocycles. The van der Waals surface area contributed by atoms with Crippen LogP contribution in [0.15, 0.2) is 11.1 Å². The lowest BCUT2D eigenvalue weighted by Crippen LogP contribution is -2.39. The molecule has 1 N–H and O–H groups in total. The monoisotopic (exact) mass is 234 g/mol. The Morgan fingerprint density at radius 2 is 2.06 bits per heavy atom. The van der Waals surface area contributed by atoms with Gasteiger partial charge in [0.25, 0.3) is 0 Å². The second kappa shape index (κ2) is 3.38. The van der Waals surface area contributed by atoms with E-state index in [1.807, 2.05) is 0 Å². The number of allylic oxidation sites excluding steroid dienone is 1. The second-order valence-corrected chi connectivity index (χ2v) is 7.50. The van der Waals surface area contributed by atoms with Crippen LogP contribution in [-0.2, 0) is 0 Å². The summed E-state index contributed by atoms with van der Waals surface area (Å²) in [6.07, 6.45) is 5.34. The van der Waals surface area contributed by atoms with Crippen molar-refractivity contribution < 1.29 is 5.11 Å². The SMILES string of the molecule is CC1=C(CO)C[C@H](C)C2CCC(C)(C)C3C[C@]123. The van der Waals surface area contributed by atoms with Crippen molar-refractivity contribution in [1.82, 2.24) is 0 Å². The number of hydrogen-bond acceptors (Lipinski definition) is 1. The molecule has 3 aliphatic rings. The Labute approximate surface area is 105 Å². The van der Waals surface area contributed by atoms with Gasteiger partial charge < -0.3 is 5.11 Å². The lowest BCUT2D eigenvalue weighted by atomic mass is 9.58. The summed E-state index contributed by atoms with van der Waals surface area (Å²) in [6.45, 7) is 9.91. The molecule has 1 nitrogen and oxygen atoms in total. The molecule has 4 atom stereocenters. The predicted molar refractivity (Wildman–Crippen MR) is 70.6 cm³/mol. The van der Waals surface area contributed by atoms with E-state index in [9.17, 15) is 5.11 Å². The molecule has 0 heterocycles. The zero-order valence-corrected chi connectivity index (χ0v) is 11.7. The van der Waals surface area contributed by atoms with E-state index < -0.39 is 0 Å². The van der Waals surface area contributed by atoms with Crippen LogP contribution >= 0.6 is 0 Å². The van der Waals surface area contributed by atoms with Crippen LogP contribution in [0.3, 0.4) is 0 Å². The van der Waals surface area contributed by atoms with Crippen LogP contribution in [0, 0.1) is 28.6 Å². The Bertz CT molecular complexity index is 379. The minimum atomic E-state index is 0.289. The lowest BCUT2D eigenvalue weighted by molar-refractivity contribution is 0.0813. The van der Waals surface area contributed by atoms with Gasteiger partial charge in [0.15, 0.2) is 0 Å². The van der Waals surface area contributed by atoms with Crippen LogP contribution in [-0.4, -0.2) is 11.7 Å². The van der Waals surface area contributed by atoms with Crippen molar-refractivity contribution in [1.29, 1.82) is 0 Å². The van der Waals surface area contributed by atoms with Gasteiger partial charge in [-0.1, -0.05) is 26.3 Å². The molecule has 96 valence electrons. The van der Waals surface area contributed by atoms with Gasteiger partial charge in [0.2, 0.25) is 0 Å². The maximum Gasteiger partial charge on any atom is 0.0644 e. The summed E-state index contributed by atoms with van der Waals surface area (Å²) >= 11 is 0. The summed E-state index contributed by atoms with van der Waals surface area (Å²) in [6, 6.07) is 0. The van der Waals surface area contributed by atoms with E-state index in [2.05, 4.69) is 27.7 Å². The van der Waals surface area contributed by atoms with Crippen molar-refractivity contribution in [2.75, 3.05) is 6.61 Å². The highest BCUT2D eigenvalue weighted by atomic mass is 16.3. The highest BCUT2D eigenvalue weighted by Gasteiger charge is 2.68. The van der Waals surface area contributed by atoms with E-state index in [1.54, 1.807) is 5.57 Å². The number of aliphatic hydroxyl groups excluding tert-OH is 1. The fourth-order valence-corrected chi connectivity index (χ4v) is 5.30. The second-order valence-electron chi connectivity index (χ2n) is 7.50. The zero-order chi connectivity index (χ0) is 12.4. The molecule has 0 aromatic carbocycles. The van der Waals surface area contributed by atoms with Gasteiger partial charge >= 0.3 is 0 Å². The molecule has 1 spiro atoms. The standard InChI is InChI=1S/C16H26O/c1-10-7-12(9-17)11(2)16-8-14(16)15(3,4)6-5-13(10)16/h10,13-14,17H,5-9H2,1-4H3/t10-,13?,14?,16-/m0/s1. The molecular formula is C16H26O. The Kier molecular flexibility index (Phi) is 2.34. The van der Waals surface area contributed by atoms with Crippen LogP contribution in [0.2, 0.25) is 0 Å². The normalized spacial score (nSPS) is 47.5. The zero-order valence-electron chi connectivity index (χ0n) is 11.7. The third kappa shape index (κ3) is 1.35. The minimum absolute atomic E-state index is 0.289. The van der Waals surface area contributed by atoms with Crippen molar-refractivity contribution >= 4 is 0 Å². The smallest absolute Gasteiger partial charge is 0.0644 e. The van der Waals surface area contributed by atoms with E-state index >= 15 is 0 Å². The van der Waals surface area contributed by atoms with E-state index in [-0.39, 0.29) is 6.61 Å². The quantitative estimate of drug-likeness (QED) is 0.685. The molecule has 3 rings (SSSR count). The molecule has 2 saturated carbocycles. The van der Waals surface area contributed by atoms with Crippen LogP contribution in [0.1, 0.15) is 53.4 Å². The molecule has 0 bridgehead atoms. The van der Waals surface area contributed by atoms with Crippen molar-refractivity contribution in [3.63, 3.8) is 0 Å². The maximum absolute atomic E-state index is 9.57. The van der Waals surface area contributed by atoms with Gasteiger partial charge in [-0.3, -0.25) is 0 Å². The summed E-state index contributed by atoms with van der Waals surface area (Å²) in [7, 11) is 0. The maximum atomic E-state index is 9.57. The van der Waals surface area contributed by atoms with Crippen LogP contribution in [0.25, 0.3) is 0 Å². The Hall–Kier alpha value is -0.300. The predicted octanol–water partition coefficient (Wildman–Crippen LogP) is 3.78. The molecule has 0 radical (unpaired) electrons. The molecule has 2 fully saturated rings. The number of aliphatic hydroxyl groups is 1. The summed E-state index contributed by atoms with van der Waals surface area (Å²) in [5.41, 5.74) is 3.95. The molecule has 0 aliphatic heterocycles. The summed E-state index contributed by atoms with van der Waals surface area (Å²) in [5, 5.41) is 9.57. The van der Waals surface area contributed by atoms with E-state index in [1.165, 1.54) is 24.8 Å². The third-order valence-electron chi connectivity index (χ3n) is 6.38. The van der Waals surface area contributed by atoms with Gasteiger partial charge in [0, 0.05) is 0 Å². The molecule has 0 amide bonds. The van der Waals surface area contributed by atoms with Crippen molar-refractivity contribution in [2.24, 2.45) is 28.6 Å². The minimum Gasteiger partial charge on any atom is -0.392 e. The number of hydrogen-bond donors (Lipinski definition) is 1. The average Bonchev–Trinajstić information content (AvgIpc) is 3.01. The fourth-order valence-electron chi connectivity index (χ4n) is 5.30. The first kappa shape index (κ1) is 11.8. The first-order valence-electron chi connectivity index (χ1n) is 7.23. The van der Waals surface area contributed by atoms with E-state index in [0.29, 0.717) is 10.8 Å². The van der Waals surface area contributed by atoms with Gasteiger partial charge in [-0.15, -0.1) is 0 Å². The van der Waals surface area contributed by atoms with Gasteiger partial charge in [-0.25, -0.2) is 0 Å². The third-order valence-corrected chi connectivity index (χ3v) is 6.38. The van der Waals surface area contributed by atoms with Crippen LogP contribution in [0.4, 0.5) is 0 Å². The highest BCUT2D eigenvalue weighted by molar-refractivity contribution is 5.36. The van der Waals surface area contributed by atoms with Gasteiger partial charge in [0.05, 0.1) is 6.61 Å². The molecular weight excluding hydrogens is 208 g/mol. The topological polar surface area (TPSA) is 20.2 Å². The van der Waals surface area contributed by atoms with Crippen molar-refractivity contribution in [3.8, 4) is 0 Å². The Balaban J connectivity index is 2.04. The summed E-state index contributed by atoms with van der Waals surface area (Å²) in [4.78, 5) is 0. The Morgan fingerprint density at radius 1 is 1.35 bits per heavy atom. The first-order valence-corrected chi connectivity index (χ1v) is 7.23. The molecule has 0 saturated heterocycles. The van der Waals surface area contributed by atoms with Gasteiger partial charge in [0.1, 0.15) is 0 Å². The van der Waals surface area contributed by atoms with Crippen LogP contribution < -0.4 is 0 Å². The summed E-state index contributed by atoms with van der Waals surface area (Å²) in [5.74, 6) is 2.57. The highest BCUT2D eigenvalue weighted by Crippen LogP contribution is 2.76. The number of rotatable bonds is 1. The van der Waals surface area contributed by atoms with E-state index in [4.69, 9.17) is 0 Å².